The molecule has 0 aliphatic heterocycles. The van der Waals surface area contributed by atoms with E-state index in [0.717, 1.165) is 29.1 Å². The second-order valence-corrected chi connectivity index (χ2v) is 6.62. The Kier molecular flexibility index (Phi) is 9.71. The number of rotatable bonds is 7. The quantitative estimate of drug-likeness (QED) is 0.331. The van der Waals surface area contributed by atoms with Gasteiger partial charge >= 0.3 is 0 Å². The van der Waals surface area contributed by atoms with Crippen molar-refractivity contribution in [2.24, 2.45) is 4.99 Å². The van der Waals surface area contributed by atoms with Crippen LogP contribution < -0.4 is 15.4 Å². The van der Waals surface area contributed by atoms with Gasteiger partial charge in [-0.1, -0.05) is 18.1 Å². The minimum absolute atomic E-state index is 0. The number of aliphatic imine (C=N–C) groups is 1. The molecule has 0 bridgehead atoms. The molecule has 0 saturated carbocycles. The SMILES string of the molecule is CCNC(=NCC(C)c1c(C)noc1C)NC(C)c1ccc(OC)c(F)c1.I. The molecule has 6 nitrogen and oxygen atoms in total. The second-order valence-electron chi connectivity index (χ2n) is 6.62. The summed E-state index contributed by atoms with van der Waals surface area (Å²) in [5, 5.41) is 10.6. The largest absolute Gasteiger partial charge is 0.494 e. The zero-order chi connectivity index (χ0) is 20.0. The predicted molar refractivity (Wildman–Crippen MR) is 120 cm³/mol. The summed E-state index contributed by atoms with van der Waals surface area (Å²) in [5.74, 6) is 1.55. The Labute approximate surface area is 183 Å². The van der Waals surface area contributed by atoms with E-state index in [9.17, 15) is 4.39 Å². The van der Waals surface area contributed by atoms with Gasteiger partial charge in [-0.25, -0.2) is 4.39 Å². The van der Waals surface area contributed by atoms with Crippen molar-refractivity contribution >= 4 is 29.9 Å². The van der Waals surface area contributed by atoms with E-state index < -0.39 is 0 Å². The van der Waals surface area contributed by atoms with Crippen molar-refractivity contribution in [1.82, 2.24) is 15.8 Å². The third-order valence-corrected chi connectivity index (χ3v) is 4.48. The third kappa shape index (κ3) is 6.08. The van der Waals surface area contributed by atoms with E-state index in [0.29, 0.717) is 12.5 Å². The van der Waals surface area contributed by atoms with Crippen LogP contribution in [0, 0.1) is 19.7 Å². The number of guanidine groups is 1. The number of hydrogen-bond donors (Lipinski definition) is 2. The van der Waals surface area contributed by atoms with Gasteiger partial charge in [-0.3, -0.25) is 4.99 Å². The Bertz CT molecular complexity index is 775. The Morgan fingerprint density at radius 1 is 1.32 bits per heavy atom. The van der Waals surface area contributed by atoms with E-state index in [1.165, 1.54) is 13.2 Å². The van der Waals surface area contributed by atoms with Gasteiger partial charge in [-0.05, 0) is 45.4 Å². The summed E-state index contributed by atoms with van der Waals surface area (Å²) in [4.78, 5) is 4.68. The number of nitrogens with zero attached hydrogens (tertiary/aromatic N) is 2. The topological polar surface area (TPSA) is 71.7 Å². The van der Waals surface area contributed by atoms with E-state index in [1.807, 2.05) is 33.8 Å². The number of halogens is 2. The lowest BCUT2D eigenvalue weighted by Gasteiger charge is -2.19. The van der Waals surface area contributed by atoms with Gasteiger partial charge in [0, 0.05) is 24.6 Å². The molecule has 0 saturated heterocycles. The number of benzene rings is 1. The van der Waals surface area contributed by atoms with Crippen molar-refractivity contribution in [2.75, 3.05) is 20.2 Å². The normalized spacial score (nSPS) is 13.5. The lowest BCUT2D eigenvalue weighted by atomic mass is 10.00. The van der Waals surface area contributed by atoms with Crippen LogP contribution in [0.15, 0.2) is 27.7 Å². The first kappa shape index (κ1) is 24.2. The highest BCUT2D eigenvalue weighted by Gasteiger charge is 2.17. The Morgan fingerprint density at radius 3 is 2.57 bits per heavy atom. The molecule has 1 heterocycles. The van der Waals surface area contributed by atoms with E-state index in [2.05, 4.69) is 27.7 Å². The molecule has 0 radical (unpaired) electrons. The molecule has 1 aromatic heterocycles. The number of ether oxygens (including phenoxy) is 1. The molecule has 0 spiro atoms. The number of nitrogens with one attached hydrogen (secondary N) is 2. The Balaban J connectivity index is 0.00000392. The van der Waals surface area contributed by atoms with Gasteiger partial charge < -0.3 is 19.9 Å². The van der Waals surface area contributed by atoms with Crippen molar-refractivity contribution in [3.8, 4) is 5.75 Å². The molecule has 2 N–H and O–H groups in total. The van der Waals surface area contributed by atoms with Crippen molar-refractivity contribution in [3.63, 3.8) is 0 Å². The summed E-state index contributed by atoms with van der Waals surface area (Å²) in [6.07, 6.45) is 0. The van der Waals surface area contributed by atoms with Crippen LogP contribution in [0.25, 0.3) is 0 Å². The van der Waals surface area contributed by atoms with Crippen LogP contribution in [0.3, 0.4) is 0 Å². The first-order chi connectivity index (χ1) is 12.9. The van der Waals surface area contributed by atoms with Gasteiger partial charge in [-0.2, -0.15) is 0 Å². The highest BCUT2D eigenvalue weighted by atomic mass is 127. The van der Waals surface area contributed by atoms with Crippen LogP contribution in [0.5, 0.6) is 5.75 Å². The van der Waals surface area contributed by atoms with Crippen LogP contribution >= 0.6 is 24.0 Å². The molecule has 2 rings (SSSR count). The summed E-state index contributed by atoms with van der Waals surface area (Å²) < 4.78 is 24.2. The first-order valence-electron chi connectivity index (χ1n) is 9.18. The van der Waals surface area contributed by atoms with Gasteiger partial charge in [-0.15, -0.1) is 24.0 Å². The molecule has 2 atom stereocenters. The highest BCUT2D eigenvalue weighted by molar-refractivity contribution is 14.0. The fourth-order valence-electron chi connectivity index (χ4n) is 3.07. The van der Waals surface area contributed by atoms with Gasteiger partial charge in [0.15, 0.2) is 17.5 Å². The minimum atomic E-state index is -0.377. The average Bonchev–Trinajstić information content (AvgIpc) is 2.98. The summed E-state index contributed by atoms with van der Waals surface area (Å²) in [7, 11) is 1.45. The van der Waals surface area contributed by atoms with Crippen LogP contribution in [-0.4, -0.2) is 31.3 Å². The molecular weight excluding hydrogens is 474 g/mol. The molecule has 1 aromatic carbocycles. The molecule has 0 amide bonds. The van der Waals surface area contributed by atoms with Crippen molar-refractivity contribution in [3.05, 3.63) is 46.6 Å². The van der Waals surface area contributed by atoms with E-state index >= 15 is 0 Å². The van der Waals surface area contributed by atoms with Crippen LogP contribution in [0.2, 0.25) is 0 Å². The van der Waals surface area contributed by atoms with Gasteiger partial charge in [0.25, 0.3) is 0 Å². The number of aryl methyl sites for hydroxylation is 2. The molecule has 0 aliphatic carbocycles. The predicted octanol–water partition coefficient (Wildman–Crippen LogP) is 4.48. The molecule has 0 aliphatic rings. The van der Waals surface area contributed by atoms with Crippen LogP contribution in [0.4, 0.5) is 4.39 Å². The van der Waals surface area contributed by atoms with Gasteiger partial charge in [0.05, 0.1) is 18.8 Å². The van der Waals surface area contributed by atoms with E-state index in [4.69, 9.17) is 9.26 Å². The number of methoxy groups -OCH3 is 1. The fourth-order valence-corrected chi connectivity index (χ4v) is 3.07. The average molecular weight is 504 g/mol. The number of hydrogen-bond acceptors (Lipinski definition) is 4. The standard InChI is InChI=1S/C20H29FN4O2.HI/c1-7-22-20(23-11-12(2)19-14(4)25-27-15(19)5)24-13(3)16-8-9-18(26-6)17(21)10-16;/h8-10,12-13H,7,11H2,1-6H3,(H2,22,23,24);1H. The fraction of sp³-hybridized carbons (Fsp3) is 0.500. The second kappa shape index (κ2) is 11.2. The van der Waals surface area contributed by atoms with Crippen LogP contribution in [-0.2, 0) is 0 Å². The highest BCUT2D eigenvalue weighted by Crippen LogP contribution is 2.24. The number of aromatic nitrogens is 1. The molecule has 156 valence electrons. The summed E-state index contributed by atoms with van der Waals surface area (Å²) in [5.41, 5.74) is 2.81. The zero-order valence-electron chi connectivity index (χ0n) is 17.3. The summed E-state index contributed by atoms with van der Waals surface area (Å²) in [6.45, 7) is 11.2. The van der Waals surface area contributed by atoms with Gasteiger partial charge in [0.1, 0.15) is 5.76 Å². The minimum Gasteiger partial charge on any atom is -0.494 e. The maximum atomic E-state index is 14.0. The van der Waals surface area contributed by atoms with E-state index in [-0.39, 0.29) is 47.5 Å². The Morgan fingerprint density at radius 2 is 2.04 bits per heavy atom. The van der Waals surface area contributed by atoms with E-state index in [1.54, 1.807) is 6.07 Å². The molecule has 2 aromatic rings. The lowest BCUT2D eigenvalue weighted by molar-refractivity contribution is 0.386. The summed E-state index contributed by atoms with van der Waals surface area (Å²) in [6, 6.07) is 4.84. The Hall–Kier alpha value is -1.84. The molecule has 8 heteroatoms. The molecule has 0 fully saturated rings. The monoisotopic (exact) mass is 504 g/mol. The molecular formula is C20H30FIN4O2. The third-order valence-electron chi connectivity index (χ3n) is 4.48. The summed E-state index contributed by atoms with van der Waals surface area (Å²) >= 11 is 0. The van der Waals surface area contributed by atoms with Crippen molar-refractivity contribution in [1.29, 1.82) is 0 Å². The maximum Gasteiger partial charge on any atom is 0.191 e. The van der Waals surface area contributed by atoms with Crippen molar-refractivity contribution < 1.29 is 13.7 Å². The molecule has 2 unspecified atom stereocenters. The lowest BCUT2D eigenvalue weighted by Crippen LogP contribution is -2.39. The van der Waals surface area contributed by atoms with Gasteiger partial charge in [0.2, 0.25) is 0 Å². The van der Waals surface area contributed by atoms with Crippen molar-refractivity contribution in [2.45, 2.75) is 46.6 Å². The van der Waals surface area contributed by atoms with Crippen LogP contribution in [0.1, 0.15) is 55.3 Å². The smallest absolute Gasteiger partial charge is 0.191 e. The maximum absolute atomic E-state index is 14.0. The molecule has 28 heavy (non-hydrogen) atoms. The first-order valence-corrected chi connectivity index (χ1v) is 9.18. The zero-order valence-corrected chi connectivity index (χ0v) is 19.6.